The van der Waals surface area contributed by atoms with Gasteiger partial charge in [-0.3, -0.25) is 4.79 Å². The lowest BCUT2D eigenvalue weighted by Gasteiger charge is -2.07. The van der Waals surface area contributed by atoms with Crippen molar-refractivity contribution in [1.29, 1.82) is 0 Å². The molecule has 0 atom stereocenters. The van der Waals surface area contributed by atoms with Crippen LogP contribution in [0.4, 0.5) is 8.78 Å². The van der Waals surface area contributed by atoms with E-state index in [1.165, 1.54) is 13.0 Å². The average molecular weight is 325 g/mol. The molecule has 0 heterocycles. The third-order valence-corrected chi connectivity index (χ3v) is 3.80. The molecule has 4 heteroatoms. The van der Waals surface area contributed by atoms with E-state index >= 15 is 0 Å². The maximum absolute atomic E-state index is 13.9. The van der Waals surface area contributed by atoms with Gasteiger partial charge in [-0.25, -0.2) is 8.78 Å². The van der Waals surface area contributed by atoms with Crippen molar-refractivity contribution in [2.24, 2.45) is 0 Å². The van der Waals surface area contributed by atoms with Gasteiger partial charge in [0, 0.05) is 10.0 Å². The minimum atomic E-state index is -0.843. The van der Waals surface area contributed by atoms with Crippen molar-refractivity contribution in [3.8, 4) is 0 Å². The molecule has 0 aliphatic carbocycles. The normalized spacial score (nSPS) is 10.6. The van der Waals surface area contributed by atoms with Crippen LogP contribution in [-0.4, -0.2) is 5.78 Å². The second-order valence-corrected chi connectivity index (χ2v) is 5.20. The quantitative estimate of drug-likeness (QED) is 0.739. The van der Waals surface area contributed by atoms with Gasteiger partial charge >= 0.3 is 0 Å². The summed E-state index contributed by atoms with van der Waals surface area (Å²) < 4.78 is 28.3. The van der Waals surface area contributed by atoms with Crippen molar-refractivity contribution >= 4 is 21.7 Å². The Hall–Kier alpha value is -1.55. The van der Waals surface area contributed by atoms with E-state index < -0.39 is 23.0 Å². The summed E-state index contributed by atoms with van der Waals surface area (Å²) in [6, 6.07) is 7.27. The molecule has 19 heavy (non-hydrogen) atoms. The highest BCUT2D eigenvalue weighted by Gasteiger charge is 2.20. The van der Waals surface area contributed by atoms with E-state index in [1.54, 1.807) is 18.2 Å². The number of hydrogen-bond donors (Lipinski definition) is 0. The fourth-order valence-electron chi connectivity index (χ4n) is 1.74. The summed E-state index contributed by atoms with van der Waals surface area (Å²) in [4.78, 5) is 12.2. The molecule has 0 saturated carbocycles. The van der Waals surface area contributed by atoms with Gasteiger partial charge in [-0.2, -0.15) is 0 Å². The highest BCUT2D eigenvalue weighted by molar-refractivity contribution is 9.10. The van der Waals surface area contributed by atoms with Gasteiger partial charge in [-0.1, -0.05) is 34.1 Å². The molecule has 2 rings (SSSR count). The smallest absolute Gasteiger partial charge is 0.198 e. The topological polar surface area (TPSA) is 17.1 Å². The predicted octanol–water partition coefficient (Wildman–Crippen LogP) is 4.58. The van der Waals surface area contributed by atoms with E-state index in [0.29, 0.717) is 0 Å². The summed E-state index contributed by atoms with van der Waals surface area (Å²) in [5.41, 5.74) is 0.939. The number of rotatable bonds is 2. The highest BCUT2D eigenvalue weighted by Crippen LogP contribution is 2.23. The van der Waals surface area contributed by atoms with Crippen molar-refractivity contribution in [1.82, 2.24) is 0 Å². The van der Waals surface area contributed by atoms with Crippen molar-refractivity contribution < 1.29 is 13.6 Å². The van der Waals surface area contributed by atoms with Crippen LogP contribution >= 0.6 is 15.9 Å². The number of carbonyl (C=O) groups is 1. The molecule has 2 aromatic rings. The van der Waals surface area contributed by atoms with Crippen LogP contribution in [-0.2, 0) is 0 Å². The molecule has 0 aliphatic rings. The molecule has 98 valence electrons. The molecule has 0 N–H and O–H groups in total. The molecule has 0 aromatic heterocycles. The first-order chi connectivity index (χ1) is 8.91. The van der Waals surface area contributed by atoms with E-state index in [9.17, 15) is 13.6 Å². The molecule has 1 nitrogen and oxygen atoms in total. The van der Waals surface area contributed by atoms with Crippen molar-refractivity contribution in [3.05, 3.63) is 68.7 Å². The Bertz CT molecular complexity index is 665. The van der Waals surface area contributed by atoms with Gasteiger partial charge in [0.05, 0.1) is 5.56 Å². The van der Waals surface area contributed by atoms with Gasteiger partial charge in [0.2, 0.25) is 0 Å². The predicted molar refractivity (Wildman–Crippen MR) is 73.4 cm³/mol. The third kappa shape index (κ3) is 2.59. The van der Waals surface area contributed by atoms with Gasteiger partial charge in [0.1, 0.15) is 11.6 Å². The lowest BCUT2D eigenvalue weighted by molar-refractivity contribution is 0.103. The Morgan fingerprint density at radius 1 is 1.05 bits per heavy atom. The Balaban J connectivity index is 2.56. The number of carbonyl (C=O) groups excluding carboxylic acids is 1. The molecule has 0 unspecified atom stereocenters. The monoisotopic (exact) mass is 324 g/mol. The van der Waals surface area contributed by atoms with E-state index in [2.05, 4.69) is 15.9 Å². The summed E-state index contributed by atoms with van der Waals surface area (Å²) in [6.45, 7) is 3.36. The summed E-state index contributed by atoms with van der Waals surface area (Å²) in [5, 5.41) is 0. The standard InChI is InChI=1S/C15H11BrF2O/c1-8-3-5-10(7-11(8)16)15(19)13-12(17)6-4-9(2)14(13)18/h3-7H,1-2H3. The zero-order valence-electron chi connectivity index (χ0n) is 10.4. The van der Waals surface area contributed by atoms with Crippen molar-refractivity contribution in [2.45, 2.75) is 13.8 Å². The largest absolute Gasteiger partial charge is 0.288 e. The molecule has 0 fully saturated rings. The number of benzene rings is 2. The number of aryl methyl sites for hydroxylation is 2. The van der Waals surface area contributed by atoms with Crippen LogP contribution < -0.4 is 0 Å². The third-order valence-electron chi connectivity index (χ3n) is 2.95. The van der Waals surface area contributed by atoms with Crippen LogP contribution in [0.1, 0.15) is 27.0 Å². The van der Waals surface area contributed by atoms with Gasteiger partial charge in [0.25, 0.3) is 0 Å². The van der Waals surface area contributed by atoms with Gasteiger partial charge < -0.3 is 0 Å². The minimum Gasteiger partial charge on any atom is -0.288 e. The van der Waals surface area contributed by atoms with E-state index in [-0.39, 0.29) is 11.1 Å². The first kappa shape index (κ1) is 13.9. The van der Waals surface area contributed by atoms with Gasteiger partial charge in [-0.05, 0) is 37.1 Å². The maximum atomic E-state index is 13.9. The molecule has 0 amide bonds. The lowest BCUT2D eigenvalue weighted by atomic mass is 9.99. The van der Waals surface area contributed by atoms with Crippen LogP contribution in [0.2, 0.25) is 0 Å². The second kappa shape index (κ2) is 5.21. The van der Waals surface area contributed by atoms with Crippen LogP contribution in [0.3, 0.4) is 0 Å². The number of halogens is 3. The number of hydrogen-bond acceptors (Lipinski definition) is 1. The number of ketones is 1. The zero-order chi connectivity index (χ0) is 14.2. The van der Waals surface area contributed by atoms with Crippen LogP contribution in [0, 0.1) is 25.5 Å². The highest BCUT2D eigenvalue weighted by atomic mass is 79.9. The van der Waals surface area contributed by atoms with Crippen molar-refractivity contribution in [3.63, 3.8) is 0 Å². The summed E-state index contributed by atoms with van der Waals surface area (Å²) in [6.07, 6.45) is 0. The Labute approximate surface area is 118 Å². The van der Waals surface area contributed by atoms with E-state index in [4.69, 9.17) is 0 Å². The molecular formula is C15H11BrF2O. The maximum Gasteiger partial charge on any atom is 0.198 e. The molecule has 0 saturated heterocycles. The molecule has 2 aromatic carbocycles. The summed E-state index contributed by atoms with van der Waals surface area (Å²) in [7, 11) is 0. The van der Waals surface area contributed by atoms with Crippen molar-refractivity contribution in [2.75, 3.05) is 0 Å². The molecule has 0 aliphatic heterocycles. The fraction of sp³-hybridized carbons (Fsp3) is 0.133. The Morgan fingerprint density at radius 2 is 1.68 bits per heavy atom. The first-order valence-electron chi connectivity index (χ1n) is 5.67. The average Bonchev–Trinajstić information content (AvgIpc) is 2.37. The van der Waals surface area contributed by atoms with E-state index in [0.717, 1.165) is 16.1 Å². The van der Waals surface area contributed by atoms with Gasteiger partial charge in [0.15, 0.2) is 5.78 Å². The Morgan fingerprint density at radius 3 is 2.32 bits per heavy atom. The van der Waals surface area contributed by atoms with Crippen LogP contribution in [0.5, 0.6) is 0 Å². The zero-order valence-corrected chi connectivity index (χ0v) is 12.0. The summed E-state index contributed by atoms with van der Waals surface area (Å²) in [5.74, 6) is -2.30. The van der Waals surface area contributed by atoms with Crippen LogP contribution in [0.15, 0.2) is 34.8 Å². The first-order valence-corrected chi connectivity index (χ1v) is 6.46. The molecule has 0 radical (unpaired) electrons. The van der Waals surface area contributed by atoms with Crippen LogP contribution in [0.25, 0.3) is 0 Å². The second-order valence-electron chi connectivity index (χ2n) is 4.35. The molecule has 0 bridgehead atoms. The Kier molecular flexibility index (Phi) is 3.80. The fourth-order valence-corrected chi connectivity index (χ4v) is 2.12. The SMILES string of the molecule is Cc1ccc(C(=O)c2c(F)ccc(C)c2F)cc1Br. The van der Waals surface area contributed by atoms with E-state index in [1.807, 2.05) is 6.92 Å². The minimum absolute atomic E-state index is 0.246. The lowest BCUT2D eigenvalue weighted by Crippen LogP contribution is -2.09. The molecule has 0 spiro atoms. The molecular weight excluding hydrogens is 314 g/mol. The summed E-state index contributed by atoms with van der Waals surface area (Å²) >= 11 is 3.30. The van der Waals surface area contributed by atoms with Gasteiger partial charge in [-0.15, -0.1) is 0 Å².